The molecule has 0 radical (unpaired) electrons. The maximum Gasteiger partial charge on any atom is 0.252 e. The third-order valence-corrected chi connectivity index (χ3v) is 7.52. The minimum Gasteiger partial charge on any atom is -0.351 e. The van der Waals surface area contributed by atoms with Gasteiger partial charge >= 0.3 is 0 Å². The number of hydrogen-bond acceptors (Lipinski definition) is 4. The van der Waals surface area contributed by atoms with Crippen LogP contribution in [0, 0.1) is 11.3 Å². The number of nitrogens with one attached hydrogen (secondary N) is 1. The summed E-state index contributed by atoms with van der Waals surface area (Å²) in [5.41, 5.74) is -0.206. The smallest absolute Gasteiger partial charge is 0.252 e. The second kappa shape index (κ2) is 7.37. The minimum absolute atomic E-state index is 0.0414. The molecule has 0 aromatic carbocycles. The Kier molecular flexibility index (Phi) is 6.01. The molecule has 1 aromatic rings. The highest BCUT2D eigenvalue weighted by atomic mass is 32.2. The van der Waals surface area contributed by atoms with E-state index in [0.717, 1.165) is 12.8 Å². The van der Waals surface area contributed by atoms with E-state index >= 15 is 0 Å². The molecule has 1 amide bonds. The molecule has 5 nitrogen and oxygen atoms in total. The van der Waals surface area contributed by atoms with Crippen molar-refractivity contribution in [1.82, 2.24) is 9.62 Å². The maximum absolute atomic E-state index is 12.7. The molecule has 1 atom stereocenters. The summed E-state index contributed by atoms with van der Waals surface area (Å²) in [5.74, 6) is -0.330. The molecule has 0 bridgehead atoms. The number of carbonyl (C=O) groups is 1. The third-order valence-electron chi connectivity index (χ3n) is 4.28. The number of piperidine rings is 1. The number of amides is 1. The molecule has 0 saturated carbocycles. The first-order valence-corrected chi connectivity index (χ1v) is 11.1. The van der Waals surface area contributed by atoms with Gasteiger partial charge in [0.25, 0.3) is 10.0 Å². The van der Waals surface area contributed by atoms with E-state index in [1.165, 1.54) is 15.6 Å². The van der Waals surface area contributed by atoms with Gasteiger partial charge in [0.05, 0.1) is 5.92 Å². The number of nitrogens with zero attached hydrogens (tertiary/aromatic N) is 1. The van der Waals surface area contributed by atoms with Gasteiger partial charge in [-0.05, 0) is 50.0 Å². The quantitative estimate of drug-likeness (QED) is 0.842. The number of sulfonamides is 1. The van der Waals surface area contributed by atoms with Gasteiger partial charge in [-0.15, -0.1) is 11.3 Å². The number of rotatable bonds is 5. The first-order valence-electron chi connectivity index (χ1n) is 8.76. The first kappa shape index (κ1) is 20.4. The molecule has 2 rings (SSSR count). The van der Waals surface area contributed by atoms with Crippen molar-refractivity contribution >= 4 is 27.3 Å². The van der Waals surface area contributed by atoms with E-state index in [2.05, 4.69) is 26.1 Å². The predicted octanol–water partition coefficient (Wildman–Crippen LogP) is 3.48. The second-order valence-corrected chi connectivity index (χ2v) is 11.9. The van der Waals surface area contributed by atoms with E-state index in [4.69, 9.17) is 0 Å². The van der Waals surface area contributed by atoms with Crippen LogP contribution in [0.1, 0.15) is 53.9 Å². The summed E-state index contributed by atoms with van der Waals surface area (Å²) in [5, 5.41) is 4.89. The Bertz CT molecular complexity index is 688. The topological polar surface area (TPSA) is 66.5 Å². The predicted molar refractivity (Wildman–Crippen MR) is 102 cm³/mol. The fraction of sp³-hybridized carbons (Fsp3) is 0.722. The minimum atomic E-state index is -3.49. The Morgan fingerprint density at radius 1 is 1.32 bits per heavy atom. The molecule has 0 spiro atoms. The van der Waals surface area contributed by atoms with E-state index in [1.54, 1.807) is 17.5 Å². The van der Waals surface area contributed by atoms with Gasteiger partial charge in [-0.3, -0.25) is 4.79 Å². The van der Waals surface area contributed by atoms with Crippen LogP contribution in [-0.2, 0) is 14.8 Å². The molecule has 1 saturated heterocycles. The molecule has 1 fully saturated rings. The molecule has 142 valence electrons. The fourth-order valence-electron chi connectivity index (χ4n) is 3.72. The number of thiophene rings is 1. The first-order chi connectivity index (χ1) is 11.4. The summed E-state index contributed by atoms with van der Waals surface area (Å²) in [6.45, 7) is 11.2. The van der Waals surface area contributed by atoms with Crippen molar-refractivity contribution in [3.8, 4) is 0 Å². The third kappa shape index (κ3) is 5.53. The zero-order valence-corrected chi connectivity index (χ0v) is 17.5. The summed E-state index contributed by atoms with van der Waals surface area (Å²) in [4.78, 5) is 12.7. The van der Waals surface area contributed by atoms with Gasteiger partial charge in [-0.2, -0.15) is 4.31 Å². The van der Waals surface area contributed by atoms with Gasteiger partial charge in [0, 0.05) is 18.6 Å². The van der Waals surface area contributed by atoms with Gasteiger partial charge in [0.15, 0.2) is 0 Å². The van der Waals surface area contributed by atoms with Gasteiger partial charge < -0.3 is 5.32 Å². The molecule has 1 aliphatic rings. The Balaban J connectivity index is 2.05. The summed E-state index contributed by atoms with van der Waals surface area (Å²) in [6, 6.07) is 3.36. The van der Waals surface area contributed by atoms with Crippen molar-refractivity contribution in [2.45, 2.75) is 63.6 Å². The highest BCUT2D eigenvalue weighted by Crippen LogP contribution is 2.29. The standard InChI is InChI=1S/C18H30N2O3S2/c1-17(2,3)13-18(4,5)19-16(21)14-8-6-10-20(12-14)25(22,23)15-9-7-11-24-15/h7,9,11,14H,6,8,10,12-13H2,1-5H3,(H,19,21). The summed E-state index contributed by atoms with van der Waals surface area (Å²) < 4.78 is 27.2. The van der Waals surface area contributed by atoms with Gasteiger partial charge in [-0.25, -0.2) is 8.42 Å². The molecule has 7 heteroatoms. The van der Waals surface area contributed by atoms with Gasteiger partial charge in [-0.1, -0.05) is 26.8 Å². The SMILES string of the molecule is CC(C)(C)CC(C)(C)NC(=O)C1CCCN(S(=O)(=O)c2cccs2)C1. The largest absolute Gasteiger partial charge is 0.351 e. The Morgan fingerprint density at radius 3 is 2.56 bits per heavy atom. The van der Waals surface area contributed by atoms with Crippen molar-refractivity contribution in [3.63, 3.8) is 0 Å². The molecule has 2 heterocycles. The Labute approximate surface area is 155 Å². The molecule has 25 heavy (non-hydrogen) atoms. The number of carbonyl (C=O) groups excluding carboxylic acids is 1. The van der Waals surface area contributed by atoms with Crippen LogP contribution >= 0.6 is 11.3 Å². The van der Waals surface area contributed by atoms with E-state index in [9.17, 15) is 13.2 Å². The van der Waals surface area contributed by atoms with E-state index < -0.39 is 10.0 Å². The van der Waals surface area contributed by atoms with Crippen LogP contribution in [-0.4, -0.2) is 37.3 Å². The maximum atomic E-state index is 12.7. The lowest BCUT2D eigenvalue weighted by Crippen LogP contribution is -2.51. The summed E-state index contributed by atoms with van der Waals surface area (Å²) in [7, 11) is -3.49. The van der Waals surface area contributed by atoms with Crippen LogP contribution in [0.25, 0.3) is 0 Å². The van der Waals surface area contributed by atoms with E-state index in [-0.39, 0.29) is 29.3 Å². The molecule has 1 aromatic heterocycles. The van der Waals surface area contributed by atoms with Gasteiger partial charge in [0.1, 0.15) is 4.21 Å². The average molecular weight is 387 g/mol. The lowest BCUT2D eigenvalue weighted by Gasteiger charge is -2.36. The molecule has 1 N–H and O–H groups in total. The monoisotopic (exact) mass is 386 g/mol. The lowest BCUT2D eigenvalue weighted by atomic mass is 9.81. The van der Waals surface area contributed by atoms with Crippen LogP contribution in [0.5, 0.6) is 0 Å². The van der Waals surface area contributed by atoms with Crippen molar-refractivity contribution in [2.75, 3.05) is 13.1 Å². The van der Waals surface area contributed by atoms with Gasteiger partial charge in [0.2, 0.25) is 5.91 Å². The lowest BCUT2D eigenvalue weighted by molar-refractivity contribution is -0.128. The van der Waals surface area contributed by atoms with Crippen molar-refractivity contribution in [3.05, 3.63) is 17.5 Å². The van der Waals surface area contributed by atoms with Crippen molar-refractivity contribution in [1.29, 1.82) is 0 Å². The number of hydrogen-bond donors (Lipinski definition) is 1. The zero-order valence-electron chi connectivity index (χ0n) is 15.8. The highest BCUT2D eigenvalue weighted by molar-refractivity contribution is 7.91. The van der Waals surface area contributed by atoms with Crippen LogP contribution in [0.2, 0.25) is 0 Å². The Morgan fingerprint density at radius 2 is 2.00 bits per heavy atom. The molecule has 0 aliphatic carbocycles. The molecule has 1 aliphatic heterocycles. The van der Waals surface area contributed by atoms with E-state index in [0.29, 0.717) is 17.2 Å². The van der Waals surface area contributed by atoms with Crippen LogP contribution in [0.3, 0.4) is 0 Å². The van der Waals surface area contributed by atoms with Crippen LogP contribution in [0.4, 0.5) is 0 Å². The average Bonchev–Trinajstić information content (AvgIpc) is 2.99. The fourth-order valence-corrected chi connectivity index (χ4v) is 6.39. The Hall–Kier alpha value is -0.920. The molecular weight excluding hydrogens is 356 g/mol. The second-order valence-electron chi connectivity index (χ2n) is 8.74. The molecule has 1 unspecified atom stereocenters. The van der Waals surface area contributed by atoms with E-state index in [1.807, 2.05) is 13.8 Å². The zero-order chi connectivity index (χ0) is 18.9. The van der Waals surface area contributed by atoms with Crippen LogP contribution in [0.15, 0.2) is 21.7 Å². The summed E-state index contributed by atoms with van der Waals surface area (Å²) in [6.07, 6.45) is 2.30. The van der Waals surface area contributed by atoms with Crippen molar-refractivity contribution < 1.29 is 13.2 Å². The van der Waals surface area contributed by atoms with Crippen molar-refractivity contribution in [2.24, 2.45) is 11.3 Å². The summed E-state index contributed by atoms with van der Waals surface area (Å²) >= 11 is 1.22. The highest BCUT2D eigenvalue weighted by Gasteiger charge is 2.36. The van der Waals surface area contributed by atoms with Crippen LogP contribution < -0.4 is 5.32 Å². The normalized spacial score (nSPS) is 20.4. The molecular formula is C18H30N2O3S2.